The lowest BCUT2D eigenvalue weighted by Crippen LogP contribution is -2.09. The van der Waals surface area contributed by atoms with E-state index in [1.165, 1.54) is 13.0 Å². The normalized spacial score (nSPS) is 12.5. The van der Waals surface area contributed by atoms with Gasteiger partial charge in [0.1, 0.15) is 4.83 Å². The molecule has 0 spiro atoms. The lowest BCUT2D eigenvalue weighted by atomic mass is 10.0. The second-order valence-electron chi connectivity index (χ2n) is 6.13. The van der Waals surface area contributed by atoms with Crippen LogP contribution in [0.2, 0.25) is 0 Å². The molecule has 3 rings (SSSR count). The van der Waals surface area contributed by atoms with E-state index in [1.807, 2.05) is 0 Å². The number of nitrogens with zero attached hydrogens (tertiary/aromatic N) is 1. The quantitative estimate of drug-likeness (QED) is 0.442. The number of rotatable bonds is 3. The molecule has 28 heavy (non-hydrogen) atoms. The molecule has 0 fully saturated rings. The fraction of sp³-hybridized carbons (Fsp3) is 0.222. The predicted octanol–water partition coefficient (Wildman–Crippen LogP) is 5.65. The van der Waals surface area contributed by atoms with Crippen molar-refractivity contribution in [1.29, 1.82) is 0 Å². The standard InChI is InChI=1S/C18H12F6N2OS/c1-8-5-11(18(22,23)24)13-14(25)15(28-16(13)26-8)12(27)7-9-3-2-4-10(6-9)17(19,20)21/h2-6H,7,25H2,1H3. The SMILES string of the molecule is Cc1cc(C(F)(F)F)c2c(N)c(C(=O)Cc3cccc(C(F)(F)F)c3)sc2n1. The van der Waals surface area contributed by atoms with Crippen LogP contribution in [0.3, 0.4) is 0 Å². The van der Waals surface area contributed by atoms with E-state index in [0.717, 1.165) is 24.3 Å². The number of benzene rings is 1. The van der Waals surface area contributed by atoms with Gasteiger partial charge in [0.05, 0.1) is 21.7 Å². The molecule has 0 bridgehead atoms. The molecular formula is C18H12F6N2OS. The number of halogens is 6. The third kappa shape index (κ3) is 3.82. The first kappa shape index (κ1) is 20.1. The zero-order chi connectivity index (χ0) is 20.9. The van der Waals surface area contributed by atoms with Gasteiger partial charge in [-0.3, -0.25) is 4.79 Å². The van der Waals surface area contributed by atoms with Gasteiger partial charge in [-0.1, -0.05) is 18.2 Å². The van der Waals surface area contributed by atoms with Crippen LogP contribution >= 0.6 is 11.3 Å². The Balaban J connectivity index is 2.03. The number of aromatic nitrogens is 1. The second kappa shape index (κ2) is 6.77. The summed E-state index contributed by atoms with van der Waals surface area (Å²) in [6.45, 7) is 1.38. The first-order chi connectivity index (χ1) is 12.9. The lowest BCUT2D eigenvalue weighted by molar-refractivity contribution is -0.138. The molecule has 2 N–H and O–H groups in total. The molecule has 1 aromatic carbocycles. The highest BCUT2D eigenvalue weighted by atomic mass is 32.1. The number of nitrogen functional groups attached to an aromatic ring is 1. The molecule has 148 valence electrons. The number of fused-ring (bicyclic) bond motifs is 1. The van der Waals surface area contributed by atoms with Crippen LogP contribution in [0.15, 0.2) is 30.3 Å². The molecule has 0 saturated carbocycles. The summed E-state index contributed by atoms with van der Waals surface area (Å²) < 4.78 is 78.4. The summed E-state index contributed by atoms with van der Waals surface area (Å²) in [4.78, 5) is 16.4. The van der Waals surface area contributed by atoms with Crippen LogP contribution in [0.4, 0.5) is 32.0 Å². The number of Topliss-reactive ketones (excluding diaryl/α,β-unsaturated/α-hetero) is 1. The van der Waals surface area contributed by atoms with Gasteiger partial charge >= 0.3 is 12.4 Å². The Morgan fingerprint density at radius 3 is 2.39 bits per heavy atom. The van der Waals surface area contributed by atoms with Gasteiger partial charge in [-0.2, -0.15) is 26.3 Å². The van der Waals surface area contributed by atoms with E-state index < -0.39 is 35.7 Å². The molecular weight excluding hydrogens is 406 g/mol. The number of nitrogens with two attached hydrogens (primary N) is 1. The minimum atomic E-state index is -4.69. The fourth-order valence-electron chi connectivity index (χ4n) is 2.80. The van der Waals surface area contributed by atoms with Crippen LogP contribution < -0.4 is 5.73 Å². The number of aryl methyl sites for hydroxylation is 1. The summed E-state index contributed by atoms with van der Waals surface area (Å²) in [6.07, 6.45) is -9.69. The van der Waals surface area contributed by atoms with E-state index in [-0.39, 0.29) is 32.0 Å². The van der Waals surface area contributed by atoms with Gasteiger partial charge < -0.3 is 5.73 Å². The van der Waals surface area contributed by atoms with Gasteiger partial charge in [0.15, 0.2) is 5.78 Å². The van der Waals surface area contributed by atoms with Crippen LogP contribution in [0.25, 0.3) is 10.2 Å². The number of anilines is 1. The first-order valence-corrected chi connectivity index (χ1v) is 8.65. The topological polar surface area (TPSA) is 56.0 Å². The van der Waals surface area contributed by atoms with Gasteiger partial charge in [0.2, 0.25) is 0 Å². The Morgan fingerprint density at radius 2 is 1.79 bits per heavy atom. The van der Waals surface area contributed by atoms with Crippen LogP contribution in [0.1, 0.15) is 32.1 Å². The van der Waals surface area contributed by atoms with Crippen molar-refractivity contribution in [2.24, 2.45) is 0 Å². The van der Waals surface area contributed by atoms with Gasteiger partial charge in [-0.15, -0.1) is 11.3 Å². The number of alkyl halides is 6. The molecule has 0 amide bonds. The molecule has 2 aromatic heterocycles. The molecule has 0 aliphatic heterocycles. The van der Waals surface area contributed by atoms with Crippen molar-refractivity contribution in [3.05, 3.63) is 57.6 Å². The van der Waals surface area contributed by atoms with E-state index in [4.69, 9.17) is 5.73 Å². The number of hydrogen-bond acceptors (Lipinski definition) is 4. The van der Waals surface area contributed by atoms with Crippen LogP contribution in [0.5, 0.6) is 0 Å². The van der Waals surface area contributed by atoms with Gasteiger partial charge in [-0.05, 0) is 24.6 Å². The van der Waals surface area contributed by atoms with Crippen molar-refractivity contribution in [3.63, 3.8) is 0 Å². The van der Waals surface area contributed by atoms with Crippen molar-refractivity contribution in [2.75, 3.05) is 5.73 Å². The van der Waals surface area contributed by atoms with Crippen molar-refractivity contribution in [3.8, 4) is 0 Å². The monoisotopic (exact) mass is 418 g/mol. The Bertz CT molecular complexity index is 1070. The van der Waals surface area contributed by atoms with Crippen LogP contribution in [-0.2, 0) is 18.8 Å². The number of carbonyl (C=O) groups is 1. The van der Waals surface area contributed by atoms with E-state index in [2.05, 4.69) is 4.98 Å². The highest BCUT2D eigenvalue weighted by Crippen LogP contribution is 2.42. The Hall–Kier alpha value is -2.62. The Kier molecular flexibility index (Phi) is 4.86. The van der Waals surface area contributed by atoms with Crippen LogP contribution in [-0.4, -0.2) is 10.8 Å². The van der Waals surface area contributed by atoms with Crippen molar-refractivity contribution in [2.45, 2.75) is 25.7 Å². The molecule has 0 aliphatic rings. The third-order valence-electron chi connectivity index (χ3n) is 4.00. The summed E-state index contributed by atoms with van der Waals surface area (Å²) in [5, 5.41) is -0.365. The summed E-state index contributed by atoms with van der Waals surface area (Å²) in [7, 11) is 0. The zero-order valence-corrected chi connectivity index (χ0v) is 15.0. The number of pyridine rings is 1. The average molecular weight is 418 g/mol. The maximum atomic E-state index is 13.3. The van der Waals surface area contributed by atoms with Crippen molar-refractivity contribution < 1.29 is 31.1 Å². The molecule has 0 atom stereocenters. The van der Waals surface area contributed by atoms with Gasteiger partial charge in [0, 0.05) is 17.5 Å². The summed E-state index contributed by atoms with van der Waals surface area (Å²) in [6, 6.07) is 5.02. The molecule has 0 radical (unpaired) electrons. The van der Waals surface area contributed by atoms with E-state index in [1.54, 1.807) is 0 Å². The van der Waals surface area contributed by atoms with Gasteiger partial charge in [0.25, 0.3) is 0 Å². The van der Waals surface area contributed by atoms with Crippen LogP contribution in [0, 0.1) is 6.92 Å². The number of ketones is 1. The smallest absolute Gasteiger partial charge is 0.397 e. The molecule has 10 heteroatoms. The maximum Gasteiger partial charge on any atom is 0.417 e. The molecule has 3 aromatic rings. The fourth-order valence-corrected chi connectivity index (χ4v) is 3.90. The predicted molar refractivity (Wildman–Crippen MR) is 93.2 cm³/mol. The minimum absolute atomic E-state index is 0.0442. The highest BCUT2D eigenvalue weighted by Gasteiger charge is 2.36. The highest BCUT2D eigenvalue weighted by molar-refractivity contribution is 7.21. The van der Waals surface area contributed by atoms with Crippen molar-refractivity contribution >= 4 is 33.0 Å². The molecule has 0 aliphatic carbocycles. The Morgan fingerprint density at radius 1 is 1.11 bits per heavy atom. The van der Waals surface area contributed by atoms with E-state index >= 15 is 0 Å². The molecule has 2 heterocycles. The first-order valence-electron chi connectivity index (χ1n) is 7.84. The minimum Gasteiger partial charge on any atom is -0.397 e. The Labute approximate surface area is 158 Å². The maximum absolute atomic E-state index is 13.3. The largest absolute Gasteiger partial charge is 0.417 e. The van der Waals surface area contributed by atoms with Crippen molar-refractivity contribution in [1.82, 2.24) is 4.98 Å². The molecule has 0 unspecified atom stereocenters. The zero-order valence-electron chi connectivity index (χ0n) is 14.2. The lowest BCUT2D eigenvalue weighted by Gasteiger charge is -2.10. The number of thiophene rings is 1. The second-order valence-corrected chi connectivity index (χ2v) is 7.13. The molecule has 0 saturated heterocycles. The average Bonchev–Trinajstić information content (AvgIpc) is 2.89. The van der Waals surface area contributed by atoms with E-state index in [9.17, 15) is 31.1 Å². The number of hydrogen-bond donors (Lipinski definition) is 1. The third-order valence-corrected chi connectivity index (χ3v) is 5.15. The summed E-state index contributed by atoms with van der Waals surface area (Å²) >= 11 is 0.698. The summed E-state index contributed by atoms with van der Waals surface area (Å²) in [5.41, 5.74) is 3.72. The molecule has 3 nitrogen and oxygen atoms in total. The summed E-state index contributed by atoms with van der Waals surface area (Å²) in [5.74, 6) is -0.675. The van der Waals surface area contributed by atoms with E-state index in [0.29, 0.717) is 11.3 Å². The van der Waals surface area contributed by atoms with Gasteiger partial charge in [-0.25, -0.2) is 4.98 Å². The number of carbonyl (C=O) groups excluding carboxylic acids is 1.